The number of carbonyl (C=O) groups is 1. The van der Waals surface area contributed by atoms with Gasteiger partial charge in [0.15, 0.2) is 5.16 Å². The SMILES string of the molecule is Cc1cc2c(=O)n(-c3ccccc3)c(SCC(=O)Nc3ccccc3)nc2s1. The summed E-state index contributed by atoms with van der Waals surface area (Å²) < 4.78 is 1.58. The molecule has 28 heavy (non-hydrogen) atoms. The summed E-state index contributed by atoms with van der Waals surface area (Å²) in [6, 6.07) is 20.5. The third-order valence-electron chi connectivity index (χ3n) is 4.06. The maximum atomic E-state index is 13.1. The van der Waals surface area contributed by atoms with E-state index in [1.54, 1.807) is 4.57 Å². The fourth-order valence-corrected chi connectivity index (χ4v) is 4.57. The second kappa shape index (κ2) is 8.00. The maximum Gasteiger partial charge on any atom is 0.267 e. The second-order valence-corrected chi connectivity index (χ2v) is 8.33. The van der Waals surface area contributed by atoms with Crippen LogP contribution in [0, 0.1) is 6.92 Å². The van der Waals surface area contributed by atoms with Crippen molar-refractivity contribution in [1.82, 2.24) is 9.55 Å². The Kier molecular flexibility index (Phi) is 5.27. The van der Waals surface area contributed by atoms with Crippen molar-refractivity contribution in [1.29, 1.82) is 0 Å². The summed E-state index contributed by atoms with van der Waals surface area (Å²) in [6.45, 7) is 1.96. The third-order valence-corrected chi connectivity index (χ3v) is 5.94. The van der Waals surface area contributed by atoms with Crippen LogP contribution in [-0.4, -0.2) is 21.2 Å². The molecule has 2 aromatic carbocycles. The van der Waals surface area contributed by atoms with Gasteiger partial charge in [0, 0.05) is 10.6 Å². The van der Waals surface area contributed by atoms with Gasteiger partial charge in [0.25, 0.3) is 5.56 Å². The Bertz CT molecular complexity index is 1180. The van der Waals surface area contributed by atoms with Gasteiger partial charge < -0.3 is 5.32 Å². The molecule has 0 fully saturated rings. The standard InChI is InChI=1S/C21H17N3O2S2/c1-14-12-17-19(28-14)23-21(24(20(17)26)16-10-6-3-7-11-16)27-13-18(25)22-15-8-4-2-5-9-15/h2-12H,13H2,1H3,(H,22,25). The molecule has 2 heterocycles. The van der Waals surface area contributed by atoms with E-state index in [9.17, 15) is 9.59 Å². The van der Waals surface area contributed by atoms with Crippen molar-refractivity contribution < 1.29 is 4.79 Å². The highest BCUT2D eigenvalue weighted by Crippen LogP contribution is 2.26. The lowest BCUT2D eigenvalue weighted by Gasteiger charge is -2.12. The number of thiophene rings is 1. The van der Waals surface area contributed by atoms with Crippen molar-refractivity contribution in [3.63, 3.8) is 0 Å². The number of rotatable bonds is 5. The number of para-hydroxylation sites is 2. The summed E-state index contributed by atoms with van der Waals surface area (Å²) in [4.78, 5) is 31.9. The van der Waals surface area contributed by atoms with Gasteiger partial charge in [0.2, 0.25) is 5.91 Å². The van der Waals surface area contributed by atoms with E-state index >= 15 is 0 Å². The molecule has 0 saturated carbocycles. The molecule has 1 N–H and O–H groups in total. The van der Waals surface area contributed by atoms with Crippen molar-refractivity contribution in [3.05, 3.63) is 82.0 Å². The van der Waals surface area contributed by atoms with E-state index in [4.69, 9.17) is 0 Å². The Balaban J connectivity index is 1.67. The zero-order valence-electron chi connectivity index (χ0n) is 15.1. The van der Waals surface area contributed by atoms with Gasteiger partial charge in [-0.1, -0.05) is 48.2 Å². The first kappa shape index (κ1) is 18.5. The summed E-state index contributed by atoms with van der Waals surface area (Å²) in [5.41, 5.74) is 1.36. The molecular formula is C21H17N3O2S2. The molecule has 0 bridgehead atoms. The van der Waals surface area contributed by atoms with Crippen LogP contribution in [0.3, 0.4) is 0 Å². The van der Waals surface area contributed by atoms with Crippen LogP contribution in [0.2, 0.25) is 0 Å². The number of hydrogen-bond donors (Lipinski definition) is 1. The zero-order valence-corrected chi connectivity index (χ0v) is 16.7. The number of fused-ring (bicyclic) bond motifs is 1. The summed E-state index contributed by atoms with van der Waals surface area (Å²) in [6.07, 6.45) is 0. The molecule has 0 saturated heterocycles. The van der Waals surface area contributed by atoms with Crippen LogP contribution < -0.4 is 10.9 Å². The number of nitrogens with one attached hydrogen (secondary N) is 1. The number of amides is 1. The van der Waals surface area contributed by atoms with Crippen LogP contribution in [0.15, 0.2) is 76.7 Å². The minimum absolute atomic E-state index is 0.119. The van der Waals surface area contributed by atoms with Crippen LogP contribution in [0.5, 0.6) is 0 Å². The van der Waals surface area contributed by atoms with Gasteiger partial charge in [-0.2, -0.15) is 0 Å². The topological polar surface area (TPSA) is 64.0 Å². The second-order valence-electron chi connectivity index (χ2n) is 6.15. The van der Waals surface area contributed by atoms with Crippen LogP contribution in [0.4, 0.5) is 5.69 Å². The summed E-state index contributed by atoms with van der Waals surface area (Å²) in [5, 5.41) is 3.96. The predicted molar refractivity (Wildman–Crippen MR) is 116 cm³/mol. The number of hydrogen-bond acceptors (Lipinski definition) is 5. The molecule has 0 aliphatic carbocycles. The van der Waals surface area contributed by atoms with Gasteiger partial charge >= 0.3 is 0 Å². The molecule has 4 rings (SSSR count). The molecule has 2 aromatic heterocycles. The summed E-state index contributed by atoms with van der Waals surface area (Å²) in [5.74, 6) is 0.0110. The fourth-order valence-electron chi connectivity index (χ4n) is 2.83. The third kappa shape index (κ3) is 3.85. The van der Waals surface area contributed by atoms with E-state index in [0.717, 1.165) is 16.3 Å². The van der Waals surface area contributed by atoms with Crippen LogP contribution >= 0.6 is 23.1 Å². The lowest BCUT2D eigenvalue weighted by Crippen LogP contribution is -2.22. The van der Waals surface area contributed by atoms with Gasteiger partial charge in [-0.25, -0.2) is 4.98 Å². The normalized spacial score (nSPS) is 10.9. The first-order valence-electron chi connectivity index (χ1n) is 8.68. The van der Waals surface area contributed by atoms with E-state index in [1.165, 1.54) is 23.1 Å². The maximum absolute atomic E-state index is 13.1. The van der Waals surface area contributed by atoms with Crippen molar-refractivity contribution >= 4 is 44.9 Å². The Labute approximate surface area is 170 Å². The number of carbonyl (C=O) groups excluding carboxylic acids is 1. The Morgan fingerprint density at radius 2 is 1.79 bits per heavy atom. The highest BCUT2D eigenvalue weighted by molar-refractivity contribution is 7.99. The van der Waals surface area contributed by atoms with Crippen molar-refractivity contribution in [2.75, 3.05) is 11.1 Å². The van der Waals surface area contributed by atoms with E-state index in [0.29, 0.717) is 15.4 Å². The predicted octanol–water partition coefficient (Wildman–Crippen LogP) is 4.49. The largest absolute Gasteiger partial charge is 0.325 e. The molecule has 0 radical (unpaired) electrons. The summed E-state index contributed by atoms with van der Waals surface area (Å²) in [7, 11) is 0. The minimum atomic E-state index is -0.146. The average Bonchev–Trinajstić information content (AvgIpc) is 3.08. The number of thioether (sulfide) groups is 1. The number of anilines is 1. The quantitative estimate of drug-likeness (QED) is 0.391. The van der Waals surface area contributed by atoms with Crippen molar-refractivity contribution in [3.8, 4) is 5.69 Å². The molecule has 4 aromatic rings. The Hall–Kier alpha value is -2.90. The highest BCUT2D eigenvalue weighted by atomic mass is 32.2. The van der Waals surface area contributed by atoms with Crippen molar-refractivity contribution in [2.24, 2.45) is 0 Å². The van der Waals surface area contributed by atoms with Gasteiger partial charge in [0.05, 0.1) is 16.8 Å². The Morgan fingerprint density at radius 3 is 2.50 bits per heavy atom. The Morgan fingerprint density at radius 1 is 1.11 bits per heavy atom. The molecule has 0 spiro atoms. The van der Waals surface area contributed by atoms with Gasteiger partial charge in [0.1, 0.15) is 4.83 Å². The first-order chi connectivity index (χ1) is 13.6. The molecule has 1 amide bonds. The van der Waals surface area contributed by atoms with Crippen LogP contribution in [0.1, 0.15) is 4.88 Å². The number of aromatic nitrogens is 2. The van der Waals surface area contributed by atoms with E-state index in [2.05, 4.69) is 10.3 Å². The van der Waals surface area contributed by atoms with Crippen molar-refractivity contribution in [2.45, 2.75) is 12.1 Å². The van der Waals surface area contributed by atoms with E-state index in [1.807, 2.05) is 73.7 Å². The van der Waals surface area contributed by atoms with E-state index in [-0.39, 0.29) is 17.2 Å². The first-order valence-corrected chi connectivity index (χ1v) is 10.5. The molecular weight excluding hydrogens is 390 g/mol. The molecule has 0 atom stereocenters. The minimum Gasteiger partial charge on any atom is -0.325 e. The number of aryl methyl sites for hydroxylation is 1. The van der Waals surface area contributed by atoms with Gasteiger partial charge in [-0.05, 0) is 37.3 Å². The fraction of sp³-hybridized carbons (Fsp3) is 0.0952. The molecule has 7 heteroatoms. The molecule has 5 nitrogen and oxygen atoms in total. The zero-order chi connectivity index (χ0) is 19.5. The monoisotopic (exact) mass is 407 g/mol. The number of nitrogens with zero attached hydrogens (tertiary/aromatic N) is 2. The van der Waals surface area contributed by atoms with E-state index < -0.39 is 0 Å². The molecule has 0 unspecified atom stereocenters. The van der Waals surface area contributed by atoms with Gasteiger partial charge in [-0.3, -0.25) is 14.2 Å². The number of benzene rings is 2. The lowest BCUT2D eigenvalue weighted by molar-refractivity contribution is -0.113. The van der Waals surface area contributed by atoms with Crippen LogP contribution in [-0.2, 0) is 4.79 Å². The lowest BCUT2D eigenvalue weighted by atomic mass is 10.3. The smallest absolute Gasteiger partial charge is 0.267 e. The van der Waals surface area contributed by atoms with Crippen LogP contribution in [0.25, 0.3) is 15.9 Å². The van der Waals surface area contributed by atoms with Gasteiger partial charge in [-0.15, -0.1) is 11.3 Å². The molecule has 0 aliphatic heterocycles. The highest BCUT2D eigenvalue weighted by Gasteiger charge is 2.16. The molecule has 0 aliphatic rings. The average molecular weight is 408 g/mol. The molecule has 140 valence electrons. The summed E-state index contributed by atoms with van der Waals surface area (Å²) >= 11 is 2.74.